The molecule has 98 valence electrons. The van der Waals surface area contributed by atoms with E-state index in [1.165, 1.54) is 12.1 Å². The minimum atomic E-state index is -0.330. The highest BCUT2D eigenvalue weighted by Crippen LogP contribution is 2.27. The number of thioether (sulfide) groups is 1. The van der Waals surface area contributed by atoms with Gasteiger partial charge < -0.3 is 5.32 Å². The van der Waals surface area contributed by atoms with Gasteiger partial charge in [-0.25, -0.2) is 4.39 Å². The summed E-state index contributed by atoms with van der Waals surface area (Å²) in [5.74, 6) is 1.25. The smallest absolute Gasteiger partial charge is 0.161 e. The van der Waals surface area contributed by atoms with Crippen molar-refractivity contribution in [2.75, 3.05) is 11.1 Å². The first-order valence-electron chi connectivity index (χ1n) is 5.99. The molecule has 18 heavy (non-hydrogen) atoms. The zero-order valence-electron chi connectivity index (χ0n) is 10.4. The minimum absolute atomic E-state index is 0.330. The van der Waals surface area contributed by atoms with Gasteiger partial charge in [-0.05, 0) is 30.5 Å². The molecule has 1 aliphatic heterocycles. The van der Waals surface area contributed by atoms with E-state index in [1.807, 2.05) is 0 Å². The molecular weight excluding hydrogens is 271 g/mol. The van der Waals surface area contributed by atoms with Crippen molar-refractivity contribution in [1.29, 1.82) is 0 Å². The quantitative estimate of drug-likeness (QED) is 0.871. The Hall–Kier alpha value is -0.740. The Bertz CT molecular complexity index is 462. The number of rotatable bonds is 2. The lowest BCUT2D eigenvalue weighted by molar-refractivity contribution is 0.485. The first-order valence-corrected chi connectivity index (χ1v) is 7.35. The minimum Gasteiger partial charge on any atom is -0.334 e. The van der Waals surface area contributed by atoms with Crippen LogP contribution in [0.5, 0.6) is 0 Å². The molecule has 0 aliphatic carbocycles. The van der Waals surface area contributed by atoms with Crippen molar-refractivity contribution in [1.82, 2.24) is 0 Å². The van der Waals surface area contributed by atoms with Crippen LogP contribution in [0.15, 0.2) is 23.2 Å². The maximum Gasteiger partial charge on any atom is 0.161 e. The second-order valence-electron chi connectivity index (χ2n) is 4.63. The highest BCUT2D eigenvalue weighted by molar-refractivity contribution is 8.14. The van der Waals surface area contributed by atoms with Gasteiger partial charge in [-0.2, -0.15) is 0 Å². The lowest BCUT2D eigenvalue weighted by atomic mass is 10.0. The summed E-state index contributed by atoms with van der Waals surface area (Å²) >= 11 is 7.66. The van der Waals surface area contributed by atoms with Crippen LogP contribution >= 0.6 is 23.4 Å². The molecule has 2 nitrogen and oxygen atoms in total. The standard InChI is InChI=1S/C13H16ClFN2S/c1-8(2)11-5-6-18-13(16-11)17-12-4-3-9(15)7-10(12)14/h3-4,7-8,11H,5-6H2,1-2H3,(H,16,17). The predicted octanol–water partition coefficient (Wildman–Crippen LogP) is 4.41. The summed E-state index contributed by atoms with van der Waals surface area (Å²) < 4.78 is 12.9. The summed E-state index contributed by atoms with van der Waals surface area (Å²) in [4.78, 5) is 4.66. The highest BCUT2D eigenvalue weighted by Gasteiger charge is 2.19. The third kappa shape index (κ3) is 3.39. The van der Waals surface area contributed by atoms with Gasteiger partial charge in [0.25, 0.3) is 0 Å². The Balaban J connectivity index is 2.13. The van der Waals surface area contributed by atoms with Gasteiger partial charge in [0.2, 0.25) is 0 Å². The highest BCUT2D eigenvalue weighted by atomic mass is 35.5. The fourth-order valence-electron chi connectivity index (χ4n) is 1.79. The van der Waals surface area contributed by atoms with Crippen molar-refractivity contribution in [3.05, 3.63) is 29.0 Å². The second kappa shape index (κ2) is 5.93. The van der Waals surface area contributed by atoms with E-state index in [2.05, 4.69) is 24.2 Å². The molecule has 0 saturated carbocycles. The molecule has 2 rings (SSSR count). The number of nitrogens with zero attached hydrogens (tertiary/aromatic N) is 1. The number of nitrogens with one attached hydrogen (secondary N) is 1. The summed E-state index contributed by atoms with van der Waals surface area (Å²) in [5.41, 5.74) is 0.703. The van der Waals surface area contributed by atoms with Gasteiger partial charge in [-0.3, -0.25) is 4.99 Å². The lowest BCUT2D eigenvalue weighted by Gasteiger charge is -2.23. The zero-order valence-corrected chi connectivity index (χ0v) is 12.0. The van der Waals surface area contributed by atoms with Gasteiger partial charge in [0.15, 0.2) is 5.17 Å². The normalized spacial score (nSPS) is 19.8. The molecule has 0 saturated heterocycles. The van der Waals surface area contributed by atoms with Crippen LogP contribution in [0.2, 0.25) is 5.02 Å². The third-order valence-corrected chi connectivity index (χ3v) is 4.11. The molecule has 5 heteroatoms. The molecule has 0 amide bonds. The average molecular weight is 287 g/mol. The predicted molar refractivity (Wildman–Crippen MR) is 78.2 cm³/mol. The van der Waals surface area contributed by atoms with Gasteiger partial charge in [-0.15, -0.1) is 0 Å². The first-order chi connectivity index (χ1) is 8.56. The lowest BCUT2D eigenvalue weighted by Crippen LogP contribution is -2.23. The molecular formula is C13H16ClFN2S. The molecule has 0 radical (unpaired) electrons. The number of aliphatic imine (C=N–C) groups is 1. The van der Waals surface area contributed by atoms with Crippen LogP contribution in [0.3, 0.4) is 0 Å². The van der Waals surface area contributed by atoms with Crippen molar-refractivity contribution < 1.29 is 4.39 Å². The van der Waals surface area contributed by atoms with E-state index in [1.54, 1.807) is 17.8 Å². The van der Waals surface area contributed by atoms with Crippen molar-refractivity contribution in [2.45, 2.75) is 26.3 Å². The van der Waals surface area contributed by atoms with Gasteiger partial charge in [0.1, 0.15) is 5.82 Å². The summed E-state index contributed by atoms with van der Waals surface area (Å²) in [6.45, 7) is 4.35. The molecule has 0 bridgehead atoms. The SMILES string of the molecule is CC(C)C1CCSC(Nc2ccc(F)cc2Cl)=N1. The number of halogens is 2. The fourth-order valence-corrected chi connectivity index (χ4v) is 2.94. The maximum atomic E-state index is 12.9. The number of hydrogen-bond acceptors (Lipinski definition) is 3. The zero-order chi connectivity index (χ0) is 13.1. The van der Waals surface area contributed by atoms with Crippen molar-refractivity contribution >= 4 is 34.2 Å². The molecule has 1 aliphatic rings. The van der Waals surface area contributed by atoms with Gasteiger partial charge in [-0.1, -0.05) is 37.2 Å². The molecule has 1 heterocycles. The molecule has 1 unspecified atom stereocenters. The second-order valence-corrected chi connectivity index (χ2v) is 6.12. The Morgan fingerprint density at radius 3 is 2.94 bits per heavy atom. The maximum absolute atomic E-state index is 12.9. The molecule has 1 atom stereocenters. The van der Waals surface area contributed by atoms with Gasteiger partial charge in [0, 0.05) is 5.75 Å². The average Bonchev–Trinajstić information content (AvgIpc) is 2.33. The first kappa shape index (κ1) is 13.7. The van der Waals surface area contributed by atoms with Gasteiger partial charge in [0.05, 0.1) is 16.8 Å². The van der Waals surface area contributed by atoms with Crippen LogP contribution in [0.4, 0.5) is 10.1 Å². The van der Waals surface area contributed by atoms with E-state index >= 15 is 0 Å². The number of hydrogen-bond donors (Lipinski definition) is 1. The van der Waals surface area contributed by atoms with Gasteiger partial charge >= 0.3 is 0 Å². The largest absolute Gasteiger partial charge is 0.334 e. The van der Waals surface area contributed by atoms with Crippen molar-refractivity contribution in [3.63, 3.8) is 0 Å². The Labute approximate surface area is 116 Å². The molecule has 1 aromatic carbocycles. The van der Waals surface area contributed by atoms with E-state index in [4.69, 9.17) is 11.6 Å². The van der Waals surface area contributed by atoms with E-state index < -0.39 is 0 Å². The summed E-state index contributed by atoms with van der Waals surface area (Å²) in [7, 11) is 0. The van der Waals surface area contributed by atoms with Crippen molar-refractivity contribution in [3.8, 4) is 0 Å². The number of benzene rings is 1. The summed E-state index contributed by atoms with van der Waals surface area (Å²) in [6, 6.07) is 4.69. The number of amidine groups is 1. The molecule has 0 spiro atoms. The monoisotopic (exact) mass is 286 g/mol. The van der Waals surface area contributed by atoms with Crippen LogP contribution in [0.25, 0.3) is 0 Å². The topological polar surface area (TPSA) is 24.4 Å². The Morgan fingerprint density at radius 2 is 2.28 bits per heavy atom. The molecule has 1 N–H and O–H groups in total. The summed E-state index contributed by atoms with van der Waals surface area (Å²) in [5, 5.41) is 4.42. The van der Waals surface area contributed by atoms with E-state index in [9.17, 15) is 4.39 Å². The van der Waals surface area contributed by atoms with E-state index in [0.717, 1.165) is 17.3 Å². The molecule has 1 aromatic rings. The van der Waals surface area contributed by atoms with Crippen LogP contribution in [0, 0.1) is 11.7 Å². The van der Waals surface area contributed by atoms with Crippen molar-refractivity contribution in [2.24, 2.45) is 10.9 Å². The molecule has 0 aromatic heterocycles. The Kier molecular flexibility index (Phi) is 4.51. The Morgan fingerprint density at radius 1 is 1.50 bits per heavy atom. The van der Waals surface area contributed by atoms with E-state index in [0.29, 0.717) is 22.7 Å². The third-order valence-electron chi connectivity index (χ3n) is 2.88. The molecule has 0 fully saturated rings. The van der Waals surface area contributed by atoms with E-state index in [-0.39, 0.29) is 5.82 Å². The van der Waals surface area contributed by atoms with Crippen LogP contribution in [-0.2, 0) is 0 Å². The number of anilines is 1. The fraction of sp³-hybridized carbons (Fsp3) is 0.462. The van der Waals surface area contributed by atoms with Crippen LogP contribution in [0.1, 0.15) is 20.3 Å². The van der Waals surface area contributed by atoms with Crippen LogP contribution in [-0.4, -0.2) is 17.0 Å². The summed E-state index contributed by atoms with van der Waals surface area (Å²) in [6.07, 6.45) is 1.10. The van der Waals surface area contributed by atoms with Crippen LogP contribution < -0.4 is 5.32 Å².